The second kappa shape index (κ2) is 10.8. The molecule has 0 aliphatic carbocycles. The zero-order valence-electron chi connectivity index (χ0n) is 15.6. The van der Waals surface area contributed by atoms with Crippen molar-refractivity contribution in [3.63, 3.8) is 0 Å². The number of rotatable bonds is 8. The Bertz CT molecular complexity index is 1030. The molecule has 0 fully saturated rings. The molecule has 1 N–H and O–H groups in total. The van der Waals surface area contributed by atoms with Crippen LogP contribution in [0, 0.1) is 5.82 Å². The number of nitrogens with one attached hydrogen (secondary N) is 1. The number of carbonyl (C=O) groups is 1. The number of ether oxygens (including phenoxy) is 1. The van der Waals surface area contributed by atoms with Crippen molar-refractivity contribution in [2.45, 2.75) is 6.61 Å². The van der Waals surface area contributed by atoms with Crippen LogP contribution in [0.1, 0.15) is 11.1 Å². The summed E-state index contributed by atoms with van der Waals surface area (Å²) in [4.78, 5) is 17.0. The van der Waals surface area contributed by atoms with Crippen molar-refractivity contribution in [2.24, 2.45) is 5.16 Å². The van der Waals surface area contributed by atoms with E-state index in [1.54, 1.807) is 48.5 Å². The number of carbonyl (C=O) groups excluding carboxylic acids is 1. The van der Waals surface area contributed by atoms with E-state index < -0.39 is 0 Å². The van der Waals surface area contributed by atoms with Crippen molar-refractivity contribution < 1.29 is 18.8 Å². The summed E-state index contributed by atoms with van der Waals surface area (Å²) in [5, 5.41) is 7.11. The van der Waals surface area contributed by atoms with Gasteiger partial charge < -0.3 is 14.9 Å². The molecule has 5 nitrogen and oxygen atoms in total. The van der Waals surface area contributed by atoms with Gasteiger partial charge >= 0.3 is 0 Å². The van der Waals surface area contributed by atoms with Gasteiger partial charge in [-0.1, -0.05) is 44.8 Å². The molecule has 0 saturated carbocycles. The molecule has 0 spiro atoms. The molecule has 1 amide bonds. The molecule has 0 radical (unpaired) electrons. The lowest BCUT2D eigenvalue weighted by molar-refractivity contribution is -0.120. The van der Waals surface area contributed by atoms with Crippen molar-refractivity contribution in [1.29, 1.82) is 0 Å². The van der Waals surface area contributed by atoms with E-state index in [4.69, 9.17) is 21.2 Å². The maximum absolute atomic E-state index is 13.0. The standard InChI is InChI=1S/C22H17BrClFN2O3/c23-17-3-10-21(29-13-15-1-6-19(25)7-2-15)16(11-17)12-26-30-14-22(28)27-20-8-4-18(24)5-9-20/h1-12H,13-14H2,(H,27,28)/b26-12+. The summed E-state index contributed by atoms with van der Waals surface area (Å²) < 4.78 is 19.7. The first kappa shape index (κ1) is 21.8. The lowest BCUT2D eigenvalue weighted by atomic mass is 10.2. The highest BCUT2D eigenvalue weighted by molar-refractivity contribution is 9.10. The molecule has 3 aromatic rings. The number of amides is 1. The second-order valence-corrected chi connectivity index (χ2v) is 7.51. The molecule has 0 saturated heterocycles. The van der Waals surface area contributed by atoms with Gasteiger partial charge in [-0.3, -0.25) is 4.79 Å². The summed E-state index contributed by atoms with van der Waals surface area (Å²) >= 11 is 9.21. The molecule has 0 aliphatic rings. The Balaban J connectivity index is 1.55. The number of hydrogen-bond acceptors (Lipinski definition) is 4. The number of hydrogen-bond donors (Lipinski definition) is 1. The lowest BCUT2D eigenvalue weighted by Gasteiger charge is -2.10. The normalized spacial score (nSPS) is 10.8. The minimum absolute atomic E-state index is 0.251. The van der Waals surface area contributed by atoms with E-state index >= 15 is 0 Å². The topological polar surface area (TPSA) is 59.9 Å². The fourth-order valence-electron chi connectivity index (χ4n) is 2.41. The van der Waals surface area contributed by atoms with Crippen LogP contribution in [0.3, 0.4) is 0 Å². The van der Waals surface area contributed by atoms with Crippen LogP contribution < -0.4 is 10.1 Å². The number of anilines is 1. The third-order valence-electron chi connectivity index (χ3n) is 3.87. The van der Waals surface area contributed by atoms with Gasteiger partial charge in [-0.25, -0.2) is 4.39 Å². The van der Waals surface area contributed by atoms with E-state index in [0.29, 0.717) is 22.0 Å². The molecule has 0 unspecified atom stereocenters. The summed E-state index contributed by atoms with van der Waals surface area (Å²) in [6, 6.07) is 18.2. The van der Waals surface area contributed by atoms with Crippen LogP contribution in [0.4, 0.5) is 10.1 Å². The van der Waals surface area contributed by atoms with E-state index in [1.807, 2.05) is 6.07 Å². The molecule has 154 valence electrons. The van der Waals surface area contributed by atoms with Crippen molar-refractivity contribution >= 4 is 45.3 Å². The summed E-state index contributed by atoms with van der Waals surface area (Å²) in [5.41, 5.74) is 2.10. The SMILES string of the molecule is O=C(CO/N=C/c1cc(Br)ccc1OCc1ccc(F)cc1)Nc1ccc(Cl)cc1. The molecule has 3 rings (SSSR count). The third-order valence-corrected chi connectivity index (χ3v) is 4.61. The Hall–Kier alpha value is -2.90. The van der Waals surface area contributed by atoms with Crippen LogP contribution in [0.5, 0.6) is 5.75 Å². The first-order chi connectivity index (χ1) is 14.5. The summed E-state index contributed by atoms with van der Waals surface area (Å²) in [7, 11) is 0. The smallest absolute Gasteiger partial charge is 0.265 e. The van der Waals surface area contributed by atoms with Gasteiger partial charge in [-0.05, 0) is 60.2 Å². The molecule has 3 aromatic carbocycles. The third kappa shape index (κ3) is 6.86. The van der Waals surface area contributed by atoms with Crippen LogP contribution in [-0.4, -0.2) is 18.7 Å². The van der Waals surface area contributed by atoms with Crippen molar-refractivity contribution in [2.75, 3.05) is 11.9 Å². The van der Waals surface area contributed by atoms with E-state index in [0.717, 1.165) is 10.0 Å². The number of oxime groups is 1. The van der Waals surface area contributed by atoms with E-state index in [9.17, 15) is 9.18 Å². The van der Waals surface area contributed by atoms with Gasteiger partial charge in [0, 0.05) is 20.7 Å². The highest BCUT2D eigenvalue weighted by atomic mass is 79.9. The Morgan fingerprint density at radius 1 is 1.10 bits per heavy atom. The fourth-order valence-corrected chi connectivity index (χ4v) is 2.92. The van der Waals surface area contributed by atoms with Gasteiger partial charge in [0.25, 0.3) is 5.91 Å². The average Bonchev–Trinajstić information content (AvgIpc) is 2.73. The minimum atomic E-state index is -0.350. The Kier molecular flexibility index (Phi) is 7.82. The Morgan fingerprint density at radius 2 is 1.83 bits per heavy atom. The summed E-state index contributed by atoms with van der Waals surface area (Å²) in [5.74, 6) is -0.0792. The molecule has 0 bridgehead atoms. The number of benzene rings is 3. The Morgan fingerprint density at radius 3 is 2.57 bits per heavy atom. The van der Waals surface area contributed by atoms with Gasteiger partial charge in [0.05, 0.1) is 6.21 Å². The molecular formula is C22H17BrClFN2O3. The molecular weight excluding hydrogens is 475 g/mol. The van der Waals surface area contributed by atoms with Gasteiger partial charge in [-0.15, -0.1) is 0 Å². The Labute approximate surface area is 186 Å². The molecule has 8 heteroatoms. The summed E-state index contributed by atoms with van der Waals surface area (Å²) in [6.45, 7) is 0.0198. The maximum Gasteiger partial charge on any atom is 0.265 e. The number of halogens is 3. The minimum Gasteiger partial charge on any atom is -0.488 e. The van der Waals surface area contributed by atoms with Crippen molar-refractivity contribution in [3.8, 4) is 5.75 Å². The molecule has 0 aliphatic heterocycles. The molecule has 0 heterocycles. The predicted molar refractivity (Wildman–Crippen MR) is 119 cm³/mol. The number of nitrogens with zero attached hydrogens (tertiary/aromatic N) is 1. The average molecular weight is 492 g/mol. The second-order valence-electron chi connectivity index (χ2n) is 6.16. The molecule has 0 atom stereocenters. The van der Waals surface area contributed by atoms with Gasteiger partial charge in [-0.2, -0.15) is 0 Å². The largest absolute Gasteiger partial charge is 0.488 e. The first-order valence-corrected chi connectivity index (χ1v) is 10.0. The zero-order chi connectivity index (χ0) is 21.3. The van der Waals surface area contributed by atoms with Crippen LogP contribution in [-0.2, 0) is 16.2 Å². The van der Waals surface area contributed by atoms with Crippen molar-refractivity contribution in [1.82, 2.24) is 0 Å². The van der Waals surface area contributed by atoms with Crippen molar-refractivity contribution in [3.05, 3.63) is 93.2 Å². The molecule has 0 aromatic heterocycles. The van der Waals surface area contributed by atoms with Gasteiger partial charge in [0.2, 0.25) is 0 Å². The fraction of sp³-hybridized carbons (Fsp3) is 0.0909. The maximum atomic E-state index is 13.0. The van der Waals surface area contributed by atoms with Crippen LogP contribution >= 0.6 is 27.5 Å². The van der Waals surface area contributed by atoms with Crippen LogP contribution in [0.25, 0.3) is 0 Å². The highest BCUT2D eigenvalue weighted by Crippen LogP contribution is 2.23. The van der Waals surface area contributed by atoms with Gasteiger partial charge in [0.1, 0.15) is 18.2 Å². The lowest BCUT2D eigenvalue weighted by Crippen LogP contribution is -2.16. The van der Waals surface area contributed by atoms with Crippen LogP contribution in [0.2, 0.25) is 5.02 Å². The summed E-state index contributed by atoms with van der Waals surface area (Å²) in [6.07, 6.45) is 1.46. The first-order valence-electron chi connectivity index (χ1n) is 8.87. The highest BCUT2D eigenvalue weighted by Gasteiger charge is 2.06. The van der Waals surface area contributed by atoms with E-state index in [-0.39, 0.29) is 24.9 Å². The predicted octanol–water partition coefficient (Wildman–Crippen LogP) is 5.81. The quantitative estimate of drug-likeness (QED) is 0.319. The van der Waals surface area contributed by atoms with Gasteiger partial charge in [0.15, 0.2) is 6.61 Å². The van der Waals surface area contributed by atoms with E-state index in [1.165, 1.54) is 18.3 Å². The van der Waals surface area contributed by atoms with E-state index in [2.05, 4.69) is 26.4 Å². The van der Waals surface area contributed by atoms with Crippen LogP contribution in [0.15, 0.2) is 76.4 Å². The molecule has 30 heavy (non-hydrogen) atoms. The zero-order valence-corrected chi connectivity index (χ0v) is 18.0. The monoisotopic (exact) mass is 490 g/mol.